The first-order valence-electron chi connectivity index (χ1n) is 4.79. The number of carboxylic acid groups (broad SMARTS) is 1. The monoisotopic (exact) mass is 243 g/mol. The van der Waals surface area contributed by atoms with Gasteiger partial charge in [0.2, 0.25) is 0 Å². The van der Waals surface area contributed by atoms with Crippen LogP contribution in [0.4, 0.5) is 4.79 Å². The predicted molar refractivity (Wildman–Crippen MR) is 59.3 cm³/mol. The molecule has 0 saturated carbocycles. The number of hydrogen-bond donors (Lipinski definition) is 3. The van der Waals surface area contributed by atoms with Gasteiger partial charge in [0.05, 0.1) is 6.04 Å². The summed E-state index contributed by atoms with van der Waals surface area (Å²) in [6.45, 7) is 1.53. The van der Waals surface area contributed by atoms with E-state index in [1.54, 1.807) is 6.20 Å². The topological polar surface area (TPSA) is 91.3 Å². The van der Waals surface area contributed by atoms with Crippen molar-refractivity contribution in [2.24, 2.45) is 0 Å². The van der Waals surface area contributed by atoms with Gasteiger partial charge in [-0.2, -0.15) is 0 Å². The molecule has 16 heavy (non-hydrogen) atoms. The van der Waals surface area contributed by atoms with Crippen LogP contribution in [0.3, 0.4) is 0 Å². The summed E-state index contributed by atoms with van der Waals surface area (Å²) in [7, 11) is 0. The largest absolute Gasteiger partial charge is 0.480 e. The van der Waals surface area contributed by atoms with Crippen molar-refractivity contribution in [1.82, 2.24) is 15.6 Å². The molecule has 0 spiro atoms. The number of thiazole rings is 1. The third-order valence-corrected chi connectivity index (χ3v) is 2.75. The van der Waals surface area contributed by atoms with Crippen molar-refractivity contribution >= 4 is 23.3 Å². The minimum absolute atomic E-state index is 0.172. The Morgan fingerprint density at radius 2 is 2.38 bits per heavy atom. The molecule has 0 aliphatic heterocycles. The van der Waals surface area contributed by atoms with Crippen LogP contribution in [0.2, 0.25) is 0 Å². The normalized spacial score (nSPS) is 11.8. The highest BCUT2D eigenvalue weighted by molar-refractivity contribution is 7.09. The zero-order valence-corrected chi connectivity index (χ0v) is 9.58. The molecular formula is C9H13N3O3S. The summed E-state index contributed by atoms with van der Waals surface area (Å²) in [5.74, 6) is -1.07. The van der Waals surface area contributed by atoms with E-state index in [4.69, 9.17) is 5.11 Å². The van der Waals surface area contributed by atoms with Crippen molar-refractivity contribution in [3.05, 3.63) is 16.6 Å². The van der Waals surface area contributed by atoms with Crippen LogP contribution in [0.25, 0.3) is 0 Å². The number of nitrogens with zero attached hydrogens (tertiary/aromatic N) is 1. The quantitative estimate of drug-likeness (QED) is 0.718. The maximum atomic E-state index is 11.3. The maximum absolute atomic E-state index is 11.3. The molecule has 0 aliphatic rings. The van der Waals surface area contributed by atoms with Crippen molar-refractivity contribution in [1.29, 1.82) is 0 Å². The Bertz CT molecular complexity index is 353. The summed E-state index contributed by atoms with van der Waals surface area (Å²) in [6, 6.07) is -0.668. The standard InChI is InChI=1S/C9H13N3O3S/c1-2-6(8-10-3-4-16-8)12-9(15)11-5-7(13)14/h3-4,6H,2,5H2,1H3,(H,13,14)(H2,11,12,15). The molecule has 0 bridgehead atoms. The van der Waals surface area contributed by atoms with Gasteiger partial charge in [0.1, 0.15) is 11.6 Å². The van der Waals surface area contributed by atoms with Gasteiger partial charge in [-0.05, 0) is 6.42 Å². The molecule has 1 rings (SSSR count). The summed E-state index contributed by atoms with van der Waals surface area (Å²) in [5, 5.41) is 15.9. The van der Waals surface area contributed by atoms with Crippen LogP contribution in [-0.2, 0) is 4.79 Å². The maximum Gasteiger partial charge on any atom is 0.323 e. The van der Waals surface area contributed by atoms with Crippen molar-refractivity contribution in [2.75, 3.05) is 6.54 Å². The number of amides is 2. The van der Waals surface area contributed by atoms with Gasteiger partial charge >= 0.3 is 12.0 Å². The third kappa shape index (κ3) is 3.85. The SMILES string of the molecule is CCC(NC(=O)NCC(=O)O)c1nccs1. The second kappa shape index (κ2) is 6.06. The number of nitrogens with one attached hydrogen (secondary N) is 2. The molecule has 1 unspecified atom stereocenters. The molecule has 1 aromatic heterocycles. The van der Waals surface area contributed by atoms with E-state index in [1.165, 1.54) is 11.3 Å². The second-order valence-electron chi connectivity index (χ2n) is 3.05. The van der Waals surface area contributed by atoms with E-state index in [0.29, 0.717) is 6.42 Å². The van der Waals surface area contributed by atoms with Gasteiger partial charge < -0.3 is 15.7 Å². The highest BCUT2D eigenvalue weighted by Gasteiger charge is 2.14. The molecule has 0 aromatic carbocycles. The molecular weight excluding hydrogens is 230 g/mol. The number of carboxylic acids is 1. The minimum Gasteiger partial charge on any atom is -0.480 e. The molecule has 6 nitrogen and oxygen atoms in total. The highest BCUT2D eigenvalue weighted by atomic mass is 32.1. The van der Waals surface area contributed by atoms with Crippen molar-refractivity contribution < 1.29 is 14.7 Å². The van der Waals surface area contributed by atoms with Gasteiger partial charge in [0.15, 0.2) is 0 Å². The van der Waals surface area contributed by atoms with E-state index in [1.807, 2.05) is 12.3 Å². The Labute approximate surface area is 96.7 Å². The molecule has 88 valence electrons. The molecule has 0 aliphatic carbocycles. The fraction of sp³-hybridized carbons (Fsp3) is 0.444. The second-order valence-corrected chi connectivity index (χ2v) is 3.98. The van der Waals surface area contributed by atoms with Crippen LogP contribution < -0.4 is 10.6 Å². The first-order valence-corrected chi connectivity index (χ1v) is 5.67. The van der Waals surface area contributed by atoms with Crippen molar-refractivity contribution in [3.63, 3.8) is 0 Å². The van der Waals surface area contributed by atoms with Crippen LogP contribution in [0, 0.1) is 0 Å². The Hall–Kier alpha value is -1.63. The van der Waals surface area contributed by atoms with Crippen LogP contribution >= 0.6 is 11.3 Å². The minimum atomic E-state index is -1.07. The van der Waals surface area contributed by atoms with E-state index in [2.05, 4.69) is 15.6 Å². The summed E-state index contributed by atoms with van der Waals surface area (Å²) in [6.07, 6.45) is 2.37. The number of urea groups is 1. The van der Waals surface area contributed by atoms with E-state index < -0.39 is 12.0 Å². The fourth-order valence-electron chi connectivity index (χ4n) is 1.11. The molecule has 0 saturated heterocycles. The molecule has 7 heteroatoms. The zero-order valence-electron chi connectivity index (χ0n) is 8.77. The number of hydrogen-bond acceptors (Lipinski definition) is 4. The first-order chi connectivity index (χ1) is 7.63. The Morgan fingerprint density at radius 1 is 1.62 bits per heavy atom. The molecule has 3 N–H and O–H groups in total. The van der Waals surface area contributed by atoms with Crippen LogP contribution in [0.5, 0.6) is 0 Å². The van der Waals surface area contributed by atoms with Crippen molar-refractivity contribution in [3.8, 4) is 0 Å². The first kappa shape index (κ1) is 12.4. The van der Waals surface area contributed by atoms with Gasteiger partial charge in [-0.1, -0.05) is 6.92 Å². The van der Waals surface area contributed by atoms with Gasteiger partial charge in [-0.3, -0.25) is 4.79 Å². The van der Waals surface area contributed by atoms with E-state index in [-0.39, 0.29) is 12.6 Å². The average Bonchev–Trinajstić information content (AvgIpc) is 2.76. The lowest BCUT2D eigenvalue weighted by Crippen LogP contribution is -2.40. The van der Waals surface area contributed by atoms with Gasteiger partial charge in [0.25, 0.3) is 0 Å². The van der Waals surface area contributed by atoms with Crippen LogP contribution in [0.15, 0.2) is 11.6 Å². The van der Waals surface area contributed by atoms with E-state index in [0.717, 1.165) is 5.01 Å². The Balaban J connectivity index is 2.45. The average molecular weight is 243 g/mol. The third-order valence-electron chi connectivity index (χ3n) is 1.86. The number of carbonyl (C=O) groups excluding carboxylic acids is 1. The summed E-state index contributed by atoms with van der Waals surface area (Å²) in [4.78, 5) is 25.6. The smallest absolute Gasteiger partial charge is 0.323 e. The highest BCUT2D eigenvalue weighted by Crippen LogP contribution is 2.18. The number of carbonyl (C=O) groups is 2. The summed E-state index contributed by atoms with van der Waals surface area (Å²) in [5.41, 5.74) is 0. The molecule has 2 amide bonds. The van der Waals surface area contributed by atoms with Gasteiger partial charge in [-0.25, -0.2) is 9.78 Å². The van der Waals surface area contributed by atoms with Crippen LogP contribution in [0.1, 0.15) is 24.4 Å². The van der Waals surface area contributed by atoms with E-state index >= 15 is 0 Å². The lowest BCUT2D eigenvalue weighted by atomic mass is 10.2. The lowest BCUT2D eigenvalue weighted by molar-refractivity contribution is -0.135. The van der Waals surface area contributed by atoms with Gasteiger partial charge in [0, 0.05) is 11.6 Å². The zero-order chi connectivity index (χ0) is 12.0. The number of aliphatic carboxylic acids is 1. The molecule has 0 radical (unpaired) electrons. The number of rotatable bonds is 5. The van der Waals surface area contributed by atoms with E-state index in [9.17, 15) is 9.59 Å². The van der Waals surface area contributed by atoms with Gasteiger partial charge in [-0.15, -0.1) is 11.3 Å². The fourth-order valence-corrected chi connectivity index (χ4v) is 1.88. The summed E-state index contributed by atoms with van der Waals surface area (Å²) < 4.78 is 0. The van der Waals surface area contributed by atoms with Crippen molar-refractivity contribution in [2.45, 2.75) is 19.4 Å². The van der Waals surface area contributed by atoms with Crippen LogP contribution in [-0.4, -0.2) is 28.6 Å². The Kier molecular flexibility index (Phi) is 4.71. The number of aromatic nitrogens is 1. The molecule has 1 atom stereocenters. The summed E-state index contributed by atoms with van der Waals surface area (Å²) >= 11 is 1.45. The molecule has 0 fully saturated rings. The predicted octanol–water partition coefficient (Wildman–Crippen LogP) is 0.978. The lowest BCUT2D eigenvalue weighted by Gasteiger charge is -2.14. The molecule has 1 aromatic rings. The molecule has 1 heterocycles. The Morgan fingerprint density at radius 3 is 2.88 bits per heavy atom.